The lowest BCUT2D eigenvalue weighted by molar-refractivity contribution is -0.143. The van der Waals surface area contributed by atoms with Crippen molar-refractivity contribution in [2.75, 3.05) is 32.9 Å². The molecule has 0 radical (unpaired) electrons. The van der Waals surface area contributed by atoms with Gasteiger partial charge in [0.25, 0.3) is 0 Å². The lowest BCUT2D eigenvalue weighted by Gasteiger charge is -2.21. The molecule has 6 heteroatoms. The molecular formula is C24H25NO5. The van der Waals surface area contributed by atoms with Crippen molar-refractivity contribution in [3.05, 3.63) is 59.7 Å². The first-order chi connectivity index (χ1) is 14.6. The Bertz CT molecular complexity index is 922. The smallest absolute Gasteiger partial charge is 0.409 e. The van der Waals surface area contributed by atoms with Crippen molar-refractivity contribution < 1.29 is 24.2 Å². The molecule has 156 valence electrons. The predicted octanol–water partition coefficient (Wildman–Crippen LogP) is 3.60. The van der Waals surface area contributed by atoms with Gasteiger partial charge in [-0.15, -0.1) is 0 Å². The van der Waals surface area contributed by atoms with Crippen LogP contribution >= 0.6 is 0 Å². The third kappa shape index (κ3) is 3.25. The van der Waals surface area contributed by atoms with Gasteiger partial charge in [0.05, 0.1) is 5.92 Å². The van der Waals surface area contributed by atoms with Gasteiger partial charge in [0.2, 0.25) is 0 Å². The number of carboxylic acid groups (broad SMARTS) is 1. The standard InChI is InChI=1S/C24H25NO5/c26-23(27)21-12-25(11-20(21)15-9-10-29-13-15)24(28)30-14-22-18-7-3-1-5-16(18)17-6-2-4-8-19(17)22/h1-8,15,20-22H,9-14H2,(H,26,27)/t15?,20-,21+/m0/s1. The van der Waals surface area contributed by atoms with E-state index in [0.29, 0.717) is 19.8 Å². The maximum atomic E-state index is 12.8. The monoisotopic (exact) mass is 407 g/mol. The lowest BCUT2D eigenvalue weighted by atomic mass is 9.83. The van der Waals surface area contributed by atoms with Crippen molar-refractivity contribution >= 4 is 12.1 Å². The summed E-state index contributed by atoms with van der Waals surface area (Å²) in [5.41, 5.74) is 4.69. The first kappa shape index (κ1) is 19.1. The van der Waals surface area contributed by atoms with E-state index in [1.54, 1.807) is 4.90 Å². The summed E-state index contributed by atoms with van der Waals surface area (Å²) in [6, 6.07) is 16.4. The van der Waals surface area contributed by atoms with Crippen LogP contribution in [0.2, 0.25) is 0 Å². The highest BCUT2D eigenvalue weighted by Crippen LogP contribution is 2.44. The maximum absolute atomic E-state index is 12.8. The summed E-state index contributed by atoms with van der Waals surface area (Å²) < 4.78 is 11.2. The van der Waals surface area contributed by atoms with E-state index in [0.717, 1.165) is 17.5 Å². The maximum Gasteiger partial charge on any atom is 0.409 e. The van der Waals surface area contributed by atoms with E-state index in [4.69, 9.17) is 9.47 Å². The summed E-state index contributed by atoms with van der Waals surface area (Å²) in [5, 5.41) is 9.64. The molecule has 3 atom stereocenters. The quantitative estimate of drug-likeness (QED) is 0.838. The van der Waals surface area contributed by atoms with Gasteiger partial charge in [0.15, 0.2) is 0 Å². The number of likely N-dealkylation sites (tertiary alicyclic amines) is 1. The number of hydrogen-bond acceptors (Lipinski definition) is 4. The number of benzene rings is 2. The van der Waals surface area contributed by atoms with Crippen molar-refractivity contribution in [3.8, 4) is 11.1 Å². The van der Waals surface area contributed by atoms with Crippen LogP contribution in [0.3, 0.4) is 0 Å². The second-order valence-corrected chi connectivity index (χ2v) is 8.44. The van der Waals surface area contributed by atoms with Crippen LogP contribution in [0.5, 0.6) is 0 Å². The van der Waals surface area contributed by atoms with E-state index >= 15 is 0 Å². The zero-order valence-electron chi connectivity index (χ0n) is 16.7. The Kier molecular flexibility index (Phi) is 4.95. The number of hydrogen-bond donors (Lipinski definition) is 1. The number of carbonyl (C=O) groups is 2. The first-order valence-electron chi connectivity index (χ1n) is 10.5. The number of fused-ring (bicyclic) bond motifs is 3. The largest absolute Gasteiger partial charge is 0.481 e. The minimum absolute atomic E-state index is 0.00162. The molecule has 3 aliphatic rings. The van der Waals surface area contributed by atoms with Crippen molar-refractivity contribution in [2.45, 2.75) is 12.3 Å². The highest BCUT2D eigenvalue weighted by atomic mass is 16.6. The summed E-state index contributed by atoms with van der Waals surface area (Å²) in [6.45, 7) is 2.11. The van der Waals surface area contributed by atoms with Gasteiger partial charge in [-0.2, -0.15) is 0 Å². The fourth-order valence-corrected chi connectivity index (χ4v) is 5.29. The molecule has 1 aliphatic carbocycles. The molecular weight excluding hydrogens is 382 g/mol. The molecule has 6 nitrogen and oxygen atoms in total. The number of rotatable bonds is 4. The predicted molar refractivity (Wildman–Crippen MR) is 110 cm³/mol. The van der Waals surface area contributed by atoms with E-state index in [9.17, 15) is 14.7 Å². The van der Waals surface area contributed by atoms with E-state index < -0.39 is 18.0 Å². The number of carbonyl (C=O) groups excluding carboxylic acids is 1. The number of amides is 1. The van der Waals surface area contributed by atoms with Gasteiger partial charge in [-0.25, -0.2) is 4.79 Å². The molecule has 2 aromatic carbocycles. The summed E-state index contributed by atoms with van der Waals surface area (Å²) >= 11 is 0. The summed E-state index contributed by atoms with van der Waals surface area (Å²) in [6.07, 6.45) is 0.428. The number of carboxylic acids is 1. The van der Waals surface area contributed by atoms with Gasteiger partial charge in [-0.3, -0.25) is 4.79 Å². The zero-order valence-corrected chi connectivity index (χ0v) is 16.7. The van der Waals surface area contributed by atoms with Gasteiger partial charge in [0, 0.05) is 32.2 Å². The SMILES string of the molecule is O=C(O)[C@@H]1CN(C(=O)OCC2c3ccccc3-c3ccccc32)C[C@H]1C1CCOC1. The normalized spacial score (nSPS) is 25.2. The van der Waals surface area contributed by atoms with Crippen molar-refractivity contribution in [3.63, 3.8) is 0 Å². The molecule has 1 unspecified atom stereocenters. The van der Waals surface area contributed by atoms with Gasteiger partial charge in [-0.05, 0) is 40.5 Å². The van der Waals surface area contributed by atoms with E-state index in [-0.39, 0.29) is 30.9 Å². The molecule has 2 aromatic rings. The molecule has 2 aliphatic heterocycles. The number of nitrogens with zero attached hydrogens (tertiary/aromatic N) is 1. The average molecular weight is 407 g/mol. The Balaban J connectivity index is 1.29. The minimum atomic E-state index is -0.846. The van der Waals surface area contributed by atoms with E-state index in [1.807, 2.05) is 24.3 Å². The molecule has 1 amide bonds. The van der Waals surface area contributed by atoms with Gasteiger partial charge < -0.3 is 19.5 Å². The molecule has 1 N–H and O–H groups in total. The van der Waals surface area contributed by atoms with Gasteiger partial charge >= 0.3 is 12.1 Å². The van der Waals surface area contributed by atoms with Crippen LogP contribution in [-0.2, 0) is 14.3 Å². The van der Waals surface area contributed by atoms with Gasteiger partial charge in [0.1, 0.15) is 6.61 Å². The molecule has 0 saturated carbocycles. The molecule has 2 fully saturated rings. The third-order valence-electron chi connectivity index (χ3n) is 6.85. The zero-order chi connectivity index (χ0) is 20.7. The van der Waals surface area contributed by atoms with Crippen molar-refractivity contribution in [2.24, 2.45) is 17.8 Å². The number of aliphatic carboxylic acids is 1. The summed E-state index contributed by atoms with van der Waals surface area (Å²) in [4.78, 5) is 26.2. The highest BCUT2D eigenvalue weighted by molar-refractivity contribution is 5.79. The third-order valence-corrected chi connectivity index (χ3v) is 6.85. The molecule has 30 heavy (non-hydrogen) atoms. The van der Waals surface area contributed by atoms with Crippen LogP contribution in [0.4, 0.5) is 4.79 Å². The van der Waals surface area contributed by atoms with E-state index in [1.165, 1.54) is 11.1 Å². The average Bonchev–Trinajstić information content (AvgIpc) is 3.49. The van der Waals surface area contributed by atoms with Crippen LogP contribution < -0.4 is 0 Å². The molecule has 2 saturated heterocycles. The molecule has 0 spiro atoms. The Morgan fingerprint density at radius 3 is 2.30 bits per heavy atom. The molecule has 5 rings (SSSR count). The Labute approximate surface area is 175 Å². The Hall–Kier alpha value is -2.86. The topological polar surface area (TPSA) is 76.1 Å². The molecule has 0 bridgehead atoms. The molecule has 0 aromatic heterocycles. The number of ether oxygens (including phenoxy) is 2. The van der Waals surface area contributed by atoms with Crippen molar-refractivity contribution in [1.82, 2.24) is 4.90 Å². The second-order valence-electron chi connectivity index (χ2n) is 8.44. The second kappa shape index (κ2) is 7.76. The summed E-state index contributed by atoms with van der Waals surface area (Å²) in [7, 11) is 0. The van der Waals surface area contributed by atoms with Crippen LogP contribution in [0, 0.1) is 17.8 Å². The fourth-order valence-electron chi connectivity index (χ4n) is 5.29. The highest BCUT2D eigenvalue weighted by Gasteiger charge is 2.45. The van der Waals surface area contributed by atoms with Crippen LogP contribution in [0.25, 0.3) is 11.1 Å². The van der Waals surface area contributed by atoms with Crippen molar-refractivity contribution in [1.29, 1.82) is 0 Å². The molecule has 2 heterocycles. The van der Waals surface area contributed by atoms with E-state index in [2.05, 4.69) is 24.3 Å². The van der Waals surface area contributed by atoms with Crippen LogP contribution in [0.1, 0.15) is 23.5 Å². The fraction of sp³-hybridized carbons (Fsp3) is 0.417. The lowest BCUT2D eigenvalue weighted by Crippen LogP contribution is -2.31. The van der Waals surface area contributed by atoms with Crippen LogP contribution in [-0.4, -0.2) is 55.0 Å². The van der Waals surface area contributed by atoms with Crippen LogP contribution in [0.15, 0.2) is 48.5 Å². The first-order valence-corrected chi connectivity index (χ1v) is 10.5. The van der Waals surface area contributed by atoms with Gasteiger partial charge in [-0.1, -0.05) is 48.5 Å². The Morgan fingerprint density at radius 1 is 1.03 bits per heavy atom. The summed E-state index contributed by atoms with van der Waals surface area (Å²) in [5.74, 6) is -1.29. The Morgan fingerprint density at radius 2 is 1.70 bits per heavy atom. The minimum Gasteiger partial charge on any atom is -0.481 e.